The highest BCUT2D eigenvalue weighted by molar-refractivity contribution is 6.41. The topological polar surface area (TPSA) is 71.3 Å². The third kappa shape index (κ3) is 4.35. The normalized spacial score (nSPS) is 16.3. The lowest BCUT2D eigenvalue weighted by atomic mass is 10.1. The van der Waals surface area contributed by atoms with E-state index in [1.165, 1.54) is 10.6 Å². The molecule has 0 N–H and O–H groups in total. The molecular weight excluding hydrogens is 461 g/mol. The van der Waals surface area contributed by atoms with Gasteiger partial charge < -0.3 is 9.80 Å². The number of pyridine rings is 1. The Morgan fingerprint density at radius 2 is 2.00 bits per heavy atom. The van der Waals surface area contributed by atoms with E-state index < -0.39 is 5.69 Å². The molecule has 3 heterocycles. The molecular formula is C24H25Cl2N5O2. The lowest BCUT2D eigenvalue weighted by Gasteiger charge is -2.40. The Morgan fingerprint density at radius 3 is 2.70 bits per heavy atom. The van der Waals surface area contributed by atoms with E-state index in [0.29, 0.717) is 36.5 Å². The highest BCUT2D eigenvalue weighted by Gasteiger charge is 2.29. The van der Waals surface area contributed by atoms with Crippen LogP contribution in [0.1, 0.15) is 25.8 Å². The van der Waals surface area contributed by atoms with Gasteiger partial charge in [0.25, 0.3) is 0 Å². The number of para-hydroxylation sites is 1. The van der Waals surface area contributed by atoms with Crippen LogP contribution in [-0.4, -0.2) is 51.0 Å². The second kappa shape index (κ2) is 9.53. The number of nitrogens with zero attached hydrogens (tertiary/aromatic N) is 5. The minimum Gasteiger partial charge on any atom is -0.350 e. The van der Waals surface area contributed by atoms with Gasteiger partial charge in [-0.15, -0.1) is 0 Å². The van der Waals surface area contributed by atoms with Crippen molar-refractivity contribution < 1.29 is 4.79 Å². The Balaban J connectivity index is 1.91. The van der Waals surface area contributed by atoms with Crippen LogP contribution in [0.3, 0.4) is 0 Å². The molecule has 1 aromatic carbocycles. The van der Waals surface area contributed by atoms with Crippen molar-refractivity contribution in [3.63, 3.8) is 0 Å². The molecule has 1 atom stereocenters. The van der Waals surface area contributed by atoms with Crippen LogP contribution in [0.4, 0.5) is 5.82 Å². The summed E-state index contributed by atoms with van der Waals surface area (Å²) in [4.78, 5) is 38.2. The summed E-state index contributed by atoms with van der Waals surface area (Å²) in [5.74, 6) is 0.377. The monoisotopic (exact) mass is 485 g/mol. The molecule has 0 bridgehead atoms. The molecule has 0 saturated carbocycles. The van der Waals surface area contributed by atoms with Gasteiger partial charge in [-0.05, 0) is 37.1 Å². The SMILES string of the molecule is C=CC(=O)N1CCN(c2nc(=O)n(-c3ccccc3CCC)c3nc(Cl)c(Cl)cc23)[C@@H](C)C1. The molecule has 0 spiro atoms. The number of carbonyl (C=O) groups excluding carboxylic acids is 1. The van der Waals surface area contributed by atoms with E-state index >= 15 is 0 Å². The Kier molecular flexibility index (Phi) is 6.72. The van der Waals surface area contributed by atoms with E-state index in [-0.39, 0.29) is 22.1 Å². The summed E-state index contributed by atoms with van der Waals surface area (Å²) in [6, 6.07) is 9.36. The summed E-state index contributed by atoms with van der Waals surface area (Å²) in [6.45, 7) is 9.15. The van der Waals surface area contributed by atoms with Gasteiger partial charge in [0.15, 0.2) is 5.65 Å². The second-order valence-electron chi connectivity index (χ2n) is 8.10. The largest absolute Gasteiger partial charge is 0.355 e. The van der Waals surface area contributed by atoms with Crippen LogP contribution in [0.5, 0.6) is 0 Å². The van der Waals surface area contributed by atoms with E-state index in [1.54, 1.807) is 11.0 Å². The molecule has 1 fully saturated rings. The molecule has 2 aromatic heterocycles. The Hall–Kier alpha value is -2.90. The van der Waals surface area contributed by atoms with Crippen LogP contribution in [0.2, 0.25) is 10.2 Å². The maximum Gasteiger partial charge on any atom is 0.355 e. The average Bonchev–Trinajstić information content (AvgIpc) is 2.80. The molecule has 33 heavy (non-hydrogen) atoms. The van der Waals surface area contributed by atoms with Crippen molar-refractivity contribution in [1.82, 2.24) is 19.4 Å². The van der Waals surface area contributed by atoms with Gasteiger partial charge in [-0.3, -0.25) is 4.79 Å². The Labute approximate surface area is 202 Å². The summed E-state index contributed by atoms with van der Waals surface area (Å²) in [7, 11) is 0. The quantitative estimate of drug-likeness (QED) is 0.398. The number of halogens is 2. The van der Waals surface area contributed by atoms with Crippen molar-refractivity contribution in [3.8, 4) is 5.69 Å². The van der Waals surface area contributed by atoms with Crippen molar-refractivity contribution in [2.45, 2.75) is 32.7 Å². The van der Waals surface area contributed by atoms with E-state index in [9.17, 15) is 9.59 Å². The number of fused-ring (bicyclic) bond motifs is 1. The van der Waals surface area contributed by atoms with Crippen LogP contribution < -0.4 is 10.6 Å². The van der Waals surface area contributed by atoms with E-state index in [1.807, 2.05) is 36.1 Å². The molecule has 3 aromatic rings. The summed E-state index contributed by atoms with van der Waals surface area (Å²) < 4.78 is 1.51. The van der Waals surface area contributed by atoms with Crippen molar-refractivity contribution in [2.24, 2.45) is 0 Å². The molecule has 1 aliphatic rings. The van der Waals surface area contributed by atoms with Gasteiger partial charge in [0.2, 0.25) is 5.91 Å². The number of aryl methyl sites for hydroxylation is 1. The van der Waals surface area contributed by atoms with Crippen LogP contribution in [-0.2, 0) is 11.2 Å². The Bertz CT molecular complexity index is 1290. The molecule has 7 nitrogen and oxygen atoms in total. The van der Waals surface area contributed by atoms with Crippen LogP contribution in [0.15, 0.2) is 47.8 Å². The molecule has 9 heteroatoms. The fourth-order valence-electron chi connectivity index (χ4n) is 4.33. The number of benzene rings is 1. The fraction of sp³-hybridized carbons (Fsp3) is 0.333. The zero-order valence-electron chi connectivity index (χ0n) is 18.6. The van der Waals surface area contributed by atoms with Gasteiger partial charge in [0, 0.05) is 25.7 Å². The van der Waals surface area contributed by atoms with Gasteiger partial charge in [-0.2, -0.15) is 4.98 Å². The average molecular weight is 486 g/mol. The lowest BCUT2D eigenvalue weighted by molar-refractivity contribution is -0.126. The van der Waals surface area contributed by atoms with Crippen LogP contribution in [0, 0.1) is 0 Å². The van der Waals surface area contributed by atoms with Gasteiger partial charge in [0.05, 0.1) is 16.1 Å². The highest BCUT2D eigenvalue weighted by atomic mass is 35.5. The van der Waals surface area contributed by atoms with Crippen molar-refractivity contribution in [1.29, 1.82) is 0 Å². The zero-order chi connectivity index (χ0) is 23.7. The number of hydrogen-bond acceptors (Lipinski definition) is 5. The van der Waals surface area contributed by atoms with E-state index in [2.05, 4.69) is 23.5 Å². The maximum atomic E-state index is 13.4. The first-order valence-electron chi connectivity index (χ1n) is 10.9. The van der Waals surface area contributed by atoms with E-state index in [4.69, 9.17) is 23.2 Å². The summed E-state index contributed by atoms with van der Waals surface area (Å²) in [6.07, 6.45) is 3.06. The summed E-state index contributed by atoms with van der Waals surface area (Å²) in [5.41, 5.74) is 1.72. The van der Waals surface area contributed by atoms with Gasteiger partial charge in [-0.25, -0.2) is 14.3 Å². The number of amides is 1. The number of rotatable bonds is 5. The summed E-state index contributed by atoms with van der Waals surface area (Å²) >= 11 is 12.6. The molecule has 0 unspecified atom stereocenters. The molecule has 172 valence electrons. The minimum absolute atomic E-state index is 0.0737. The number of aromatic nitrogens is 3. The first kappa shape index (κ1) is 23.3. The van der Waals surface area contributed by atoms with Crippen LogP contribution >= 0.6 is 23.2 Å². The molecule has 1 amide bonds. The number of carbonyl (C=O) groups is 1. The smallest absolute Gasteiger partial charge is 0.350 e. The summed E-state index contributed by atoms with van der Waals surface area (Å²) in [5, 5.41) is 1.04. The predicted octanol–water partition coefficient (Wildman–Crippen LogP) is 4.26. The first-order chi connectivity index (χ1) is 15.8. The maximum absolute atomic E-state index is 13.4. The third-order valence-electron chi connectivity index (χ3n) is 5.90. The van der Waals surface area contributed by atoms with Crippen molar-refractivity contribution in [2.75, 3.05) is 24.5 Å². The van der Waals surface area contributed by atoms with Gasteiger partial charge >= 0.3 is 5.69 Å². The number of hydrogen-bond donors (Lipinski definition) is 0. The highest BCUT2D eigenvalue weighted by Crippen LogP contribution is 2.32. The second-order valence-corrected chi connectivity index (χ2v) is 8.86. The molecule has 0 aliphatic carbocycles. The third-order valence-corrected chi connectivity index (χ3v) is 6.57. The molecule has 4 rings (SSSR count). The molecule has 0 radical (unpaired) electrons. The predicted molar refractivity (Wildman–Crippen MR) is 133 cm³/mol. The number of piperazine rings is 1. The van der Waals surface area contributed by atoms with Gasteiger partial charge in [0.1, 0.15) is 11.0 Å². The fourth-order valence-corrected chi connectivity index (χ4v) is 4.62. The minimum atomic E-state index is -0.441. The lowest BCUT2D eigenvalue weighted by Crippen LogP contribution is -2.54. The standard InChI is InChI=1S/C24H25Cl2N5O2/c1-4-8-16-9-6-7-10-19(16)31-23-17(13-18(25)21(26)27-23)22(28-24(31)33)30-12-11-29(14-15(30)3)20(32)5-2/h5-7,9-10,13,15H,2,4,8,11-12,14H2,1,3H3/t15-/m0/s1. The van der Waals surface area contributed by atoms with E-state index in [0.717, 1.165) is 24.1 Å². The van der Waals surface area contributed by atoms with Crippen molar-refractivity contribution >= 4 is 46.0 Å². The molecule has 1 aliphatic heterocycles. The van der Waals surface area contributed by atoms with Crippen LogP contribution in [0.25, 0.3) is 16.7 Å². The Morgan fingerprint density at radius 1 is 1.24 bits per heavy atom. The zero-order valence-corrected chi connectivity index (χ0v) is 20.1. The molecule has 1 saturated heterocycles. The van der Waals surface area contributed by atoms with Crippen molar-refractivity contribution in [3.05, 3.63) is 69.2 Å². The number of anilines is 1. The van der Waals surface area contributed by atoms with Gasteiger partial charge in [-0.1, -0.05) is 61.3 Å². The first-order valence-corrected chi connectivity index (χ1v) is 11.7.